The monoisotopic (exact) mass is 549 g/mol. The van der Waals surface area contributed by atoms with Crippen molar-refractivity contribution in [3.8, 4) is 10.6 Å². The highest BCUT2D eigenvalue weighted by Crippen LogP contribution is 2.35. The van der Waals surface area contributed by atoms with Crippen LogP contribution >= 0.6 is 22.9 Å². The Bertz CT molecular complexity index is 1610. The summed E-state index contributed by atoms with van der Waals surface area (Å²) in [5, 5.41) is 14.2. The van der Waals surface area contributed by atoms with Gasteiger partial charge in [0, 0.05) is 13.2 Å². The molecule has 0 aliphatic rings. The second kappa shape index (κ2) is 9.37. The third-order valence-electron chi connectivity index (χ3n) is 5.11. The van der Waals surface area contributed by atoms with Crippen molar-refractivity contribution in [2.24, 2.45) is 7.05 Å². The molecule has 5 heterocycles. The second-order valence-corrected chi connectivity index (χ2v) is 9.01. The van der Waals surface area contributed by atoms with Gasteiger partial charge >= 0.3 is 6.18 Å². The average molecular weight is 550 g/mol. The van der Waals surface area contributed by atoms with Crippen molar-refractivity contribution in [1.29, 1.82) is 0 Å². The number of halogens is 4. The minimum atomic E-state index is -4.81. The third-order valence-corrected chi connectivity index (χ3v) is 6.35. The normalized spacial score (nSPS) is 11.7. The maximum absolute atomic E-state index is 13.9. The molecule has 0 atom stereocenters. The molecule has 10 nitrogen and oxygen atoms in total. The number of carbonyl (C=O) groups is 2. The van der Waals surface area contributed by atoms with Crippen LogP contribution in [0.2, 0.25) is 5.02 Å². The zero-order valence-corrected chi connectivity index (χ0v) is 20.3. The standard InChI is InChI=1S/C22H15ClF3N7O3S/c1-32-10-13(17(30-32)20(34)27-9-11-4-2-6-36-11)29-21(35)18-16(23)19-28-12(14-5-3-7-37-14)8-15(22(24,25)26)33(19)31-18/h2-8,10H,9H2,1H3,(H,27,34)(H,29,35). The zero-order chi connectivity index (χ0) is 26.3. The summed E-state index contributed by atoms with van der Waals surface area (Å²) in [5.41, 5.74) is -2.09. The first-order valence-electron chi connectivity index (χ1n) is 10.5. The Morgan fingerprint density at radius 3 is 2.65 bits per heavy atom. The van der Waals surface area contributed by atoms with Crippen molar-refractivity contribution in [3.63, 3.8) is 0 Å². The van der Waals surface area contributed by atoms with Gasteiger partial charge in [-0.3, -0.25) is 14.3 Å². The number of amides is 2. The summed E-state index contributed by atoms with van der Waals surface area (Å²) in [7, 11) is 1.53. The Hall–Kier alpha value is -4.17. The average Bonchev–Trinajstić information content (AvgIpc) is 3.64. The molecule has 2 N–H and O–H groups in total. The van der Waals surface area contributed by atoms with Crippen molar-refractivity contribution in [3.05, 3.63) is 76.0 Å². The number of hydrogen-bond acceptors (Lipinski definition) is 7. The van der Waals surface area contributed by atoms with Gasteiger partial charge in [-0.25, -0.2) is 9.50 Å². The smallest absolute Gasteiger partial charge is 0.433 e. The molecule has 0 radical (unpaired) electrons. The third kappa shape index (κ3) is 4.80. The van der Waals surface area contributed by atoms with Crippen LogP contribution in [0.25, 0.3) is 16.2 Å². The van der Waals surface area contributed by atoms with E-state index in [4.69, 9.17) is 16.0 Å². The van der Waals surface area contributed by atoms with Crippen molar-refractivity contribution < 1.29 is 27.2 Å². The number of alkyl halides is 3. The van der Waals surface area contributed by atoms with E-state index < -0.39 is 29.4 Å². The van der Waals surface area contributed by atoms with Gasteiger partial charge in [-0.1, -0.05) is 17.7 Å². The summed E-state index contributed by atoms with van der Waals surface area (Å²) in [6, 6.07) is 7.45. The van der Waals surface area contributed by atoms with Crippen LogP contribution in [0.15, 0.2) is 52.6 Å². The molecule has 0 aliphatic carbocycles. The van der Waals surface area contributed by atoms with Crippen LogP contribution in [0, 0.1) is 0 Å². The summed E-state index contributed by atoms with van der Waals surface area (Å²) >= 11 is 7.51. The fourth-order valence-corrected chi connectivity index (χ4v) is 4.41. The van der Waals surface area contributed by atoms with Gasteiger partial charge in [-0.15, -0.1) is 11.3 Å². The Balaban J connectivity index is 1.48. The van der Waals surface area contributed by atoms with Crippen molar-refractivity contribution in [1.82, 2.24) is 29.7 Å². The highest BCUT2D eigenvalue weighted by atomic mass is 35.5. The van der Waals surface area contributed by atoms with Crippen LogP contribution < -0.4 is 10.6 Å². The fourth-order valence-electron chi connectivity index (χ4n) is 3.48. The highest BCUT2D eigenvalue weighted by molar-refractivity contribution is 7.13. The summed E-state index contributed by atoms with van der Waals surface area (Å²) in [6.45, 7) is 0.0759. The summed E-state index contributed by atoms with van der Waals surface area (Å²) in [4.78, 5) is 30.4. The molecule has 5 aromatic heterocycles. The van der Waals surface area contributed by atoms with E-state index in [0.717, 1.165) is 6.07 Å². The summed E-state index contributed by atoms with van der Waals surface area (Å²) in [6.07, 6.45) is -1.99. The molecule has 37 heavy (non-hydrogen) atoms. The van der Waals surface area contributed by atoms with Crippen LogP contribution in [0.3, 0.4) is 0 Å². The topological polar surface area (TPSA) is 119 Å². The molecular formula is C22H15ClF3N7O3S. The number of nitrogens with one attached hydrogen (secondary N) is 2. The Kier molecular flexibility index (Phi) is 6.21. The summed E-state index contributed by atoms with van der Waals surface area (Å²) in [5.74, 6) is -1.06. The highest BCUT2D eigenvalue weighted by Gasteiger charge is 2.37. The molecule has 5 aromatic rings. The van der Waals surface area contributed by atoms with E-state index >= 15 is 0 Å². The largest absolute Gasteiger partial charge is 0.467 e. The Labute approximate surface area is 214 Å². The van der Waals surface area contributed by atoms with Crippen LogP contribution in [-0.4, -0.2) is 36.2 Å². The number of carbonyl (C=O) groups excluding carboxylic acids is 2. The van der Waals surface area contributed by atoms with Gasteiger partial charge in [-0.05, 0) is 29.6 Å². The van der Waals surface area contributed by atoms with Crippen LogP contribution in [0.5, 0.6) is 0 Å². The molecular weight excluding hydrogens is 535 g/mol. The zero-order valence-electron chi connectivity index (χ0n) is 18.7. The molecule has 0 fully saturated rings. The quantitative estimate of drug-likeness (QED) is 0.318. The van der Waals surface area contributed by atoms with E-state index in [2.05, 4.69) is 25.8 Å². The maximum Gasteiger partial charge on any atom is 0.433 e. The van der Waals surface area contributed by atoms with E-state index in [9.17, 15) is 22.8 Å². The Morgan fingerprint density at radius 2 is 1.97 bits per heavy atom. The predicted octanol–water partition coefficient (Wildman–Crippen LogP) is 4.64. The maximum atomic E-state index is 13.9. The van der Waals surface area contributed by atoms with Crippen molar-refractivity contribution in [2.45, 2.75) is 12.7 Å². The molecule has 0 unspecified atom stereocenters. The lowest BCUT2D eigenvalue weighted by Gasteiger charge is -2.10. The number of rotatable bonds is 6. The first-order chi connectivity index (χ1) is 17.6. The van der Waals surface area contributed by atoms with Gasteiger partial charge in [0.2, 0.25) is 0 Å². The molecule has 0 saturated heterocycles. The molecule has 15 heteroatoms. The summed E-state index contributed by atoms with van der Waals surface area (Å²) < 4.78 is 48.5. The molecule has 2 amide bonds. The molecule has 0 bridgehead atoms. The molecule has 0 aliphatic heterocycles. The molecule has 0 saturated carbocycles. The van der Waals surface area contributed by atoms with E-state index in [1.165, 1.54) is 35.5 Å². The molecule has 190 valence electrons. The van der Waals surface area contributed by atoms with Gasteiger partial charge in [0.15, 0.2) is 22.7 Å². The molecule has 0 spiro atoms. The first kappa shape index (κ1) is 24.5. The first-order valence-corrected chi connectivity index (χ1v) is 11.7. The second-order valence-electron chi connectivity index (χ2n) is 7.68. The minimum absolute atomic E-state index is 0.000784. The lowest BCUT2D eigenvalue weighted by molar-refractivity contribution is -0.142. The number of aromatic nitrogens is 5. The van der Waals surface area contributed by atoms with Crippen LogP contribution in [0.4, 0.5) is 18.9 Å². The van der Waals surface area contributed by atoms with Crippen molar-refractivity contribution in [2.75, 3.05) is 5.32 Å². The number of anilines is 1. The lowest BCUT2D eigenvalue weighted by atomic mass is 10.2. The van der Waals surface area contributed by atoms with Gasteiger partial charge in [0.25, 0.3) is 11.8 Å². The number of hydrogen-bond donors (Lipinski definition) is 2. The number of aryl methyl sites for hydroxylation is 1. The van der Waals surface area contributed by atoms with E-state index in [0.29, 0.717) is 15.2 Å². The van der Waals surface area contributed by atoms with Gasteiger partial charge in [0.05, 0.1) is 29.1 Å². The van der Waals surface area contributed by atoms with Crippen LogP contribution in [-0.2, 0) is 19.8 Å². The minimum Gasteiger partial charge on any atom is -0.467 e. The van der Waals surface area contributed by atoms with Gasteiger partial charge < -0.3 is 15.1 Å². The van der Waals surface area contributed by atoms with Crippen molar-refractivity contribution >= 4 is 46.1 Å². The molecule has 5 rings (SSSR count). The lowest BCUT2D eigenvalue weighted by Crippen LogP contribution is -2.25. The van der Waals surface area contributed by atoms with Gasteiger partial charge in [0.1, 0.15) is 10.8 Å². The van der Waals surface area contributed by atoms with Crippen LogP contribution in [0.1, 0.15) is 32.4 Å². The van der Waals surface area contributed by atoms with E-state index in [1.54, 1.807) is 29.6 Å². The van der Waals surface area contributed by atoms with E-state index in [1.807, 2.05) is 0 Å². The van der Waals surface area contributed by atoms with E-state index in [-0.39, 0.29) is 34.3 Å². The number of fused-ring (bicyclic) bond motifs is 1. The SMILES string of the molecule is Cn1cc(NC(=O)c2nn3c(C(F)(F)F)cc(-c4cccs4)nc3c2Cl)c(C(=O)NCc2ccco2)n1. The number of thiophene rings is 1. The number of furan rings is 1. The number of nitrogens with zero attached hydrogens (tertiary/aromatic N) is 5. The fraction of sp³-hybridized carbons (Fsp3) is 0.136. The Morgan fingerprint density at radius 1 is 1.16 bits per heavy atom. The molecule has 0 aromatic carbocycles. The van der Waals surface area contributed by atoms with Gasteiger partial charge in [-0.2, -0.15) is 23.4 Å². The predicted molar refractivity (Wildman–Crippen MR) is 127 cm³/mol.